The number of ether oxygens (including phenoxy) is 1. The van der Waals surface area contributed by atoms with Crippen molar-refractivity contribution in [3.8, 4) is 0 Å². The van der Waals surface area contributed by atoms with Gasteiger partial charge in [0.2, 0.25) is 5.91 Å². The quantitative estimate of drug-likeness (QED) is 0.703. The van der Waals surface area contributed by atoms with Gasteiger partial charge in [0.05, 0.1) is 12.2 Å². The summed E-state index contributed by atoms with van der Waals surface area (Å²) in [6, 6.07) is 9.47. The van der Waals surface area contributed by atoms with Crippen molar-refractivity contribution >= 4 is 23.4 Å². The van der Waals surface area contributed by atoms with Crippen LogP contribution in [0.4, 0.5) is 15.9 Å². The fraction of sp³-hybridized carbons (Fsp3) is 0.409. The average Bonchev–Trinajstić information content (AvgIpc) is 2.98. The van der Waals surface area contributed by atoms with Gasteiger partial charge in [0, 0.05) is 44.5 Å². The first-order valence-electron chi connectivity index (χ1n) is 10.2. The van der Waals surface area contributed by atoms with Crippen LogP contribution in [-0.2, 0) is 9.53 Å². The molecular weight excluding hydrogens is 387 g/mol. The van der Waals surface area contributed by atoms with Gasteiger partial charge >= 0.3 is 5.97 Å². The first kappa shape index (κ1) is 21.7. The number of pyridine rings is 1. The molecule has 1 fully saturated rings. The third-order valence-electron chi connectivity index (χ3n) is 4.93. The minimum atomic E-state index is -0.371. The van der Waals surface area contributed by atoms with E-state index in [4.69, 9.17) is 4.74 Å². The molecule has 0 unspecified atom stereocenters. The molecule has 1 saturated heterocycles. The number of carbonyl (C=O) groups is 2. The largest absolute Gasteiger partial charge is 0.462 e. The van der Waals surface area contributed by atoms with Crippen LogP contribution in [0.5, 0.6) is 0 Å². The van der Waals surface area contributed by atoms with Gasteiger partial charge in [0.1, 0.15) is 11.6 Å². The second-order valence-corrected chi connectivity index (χ2v) is 7.12. The molecular formula is C22H27FN4O3. The lowest BCUT2D eigenvalue weighted by Gasteiger charge is -2.22. The third-order valence-corrected chi connectivity index (χ3v) is 4.93. The van der Waals surface area contributed by atoms with Gasteiger partial charge in [-0.15, -0.1) is 0 Å². The summed E-state index contributed by atoms with van der Waals surface area (Å²) >= 11 is 0. The summed E-state index contributed by atoms with van der Waals surface area (Å²) in [7, 11) is 0. The zero-order chi connectivity index (χ0) is 21.3. The summed E-state index contributed by atoms with van der Waals surface area (Å²) in [5, 5.41) is 2.73. The molecule has 2 aromatic rings. The Morgan fingerprint density at radius 2 is 2.03 bits per heavy atom. The van der Waals surface area contributed by atoms with Gasteiger partial charge in [-0.1, -0.05) is 6.07 Å². The van der Waals surface area contributed by atoms with Crippen LogP contribution in [-0.4, -0.2) is 61.1 Å². The Balaban J connectivity index is 1.46. The van der Waals surface area contributed by atoms with E-state index in [1.165, 1.54) is 12.1 Å². The van der Waals surface area contributed by atoms with Gasteiger partial charge in [0.15, 0.2) is 0 Å². The highest BCUT2D eigenvalue weighted by atomic mass is 19.1. The molecule has 0 aliphatic carbocycles. The minimum Gasteiger partial charge on any atom is -0.462 e. The van der Waals surface area contributed by atoms with Crippen LogP contribution >= 0.6 is 0 Å². The normalized spacial score (nSPS) is 14.8. The fourth-order valence-electron chi connectivity index (χ4n) is 3.38. The average molecular weight is 414 g/mol. The molecule has 8 heteroatoms. The maximum Gasteiger partial charge on any atom is 0.339 e. The molecule has 0 spiro atoms. The van der Waals surface area contributed by atoms with Crippen LogP contribution < -0.4 is 10.2 Å². The number of nitrogens with one attached hydrogen (secondary N) is 1. The van der Waals surface area contributed by atoms with Crippen LogP contribution in [0.3, 0.4) is 0 Å². The van der Waals surface area contributed by atoms with Gasteiger partial charge in [-0.05, 0) is 50.2 Å². The molecule has 1 N–H and O–H groups in total. The summed E-state index contributed by atoms with van der Waals surface area (Å²) in [6.07, 6.45) is 2.85. The lowest BCUT2D eigenvalue weighted by atomic mass is 10.2. The zero-order valence-electron chi connectivity index (χ0n) is 17.1. The Kier molecular flexibility index (Phi) is 7.73. The number of anilines is 2. The van der Waals surface area contributed by atoms with E-state index in [1.54, 1.807) is 31.3 Å². The first-order chi connectivity index (χ1) is 14.5. The van der Waals surface area contributed by atoms with Gasteiger partial charge < -0.3 is 19.9 Å². The summed E-state index contributed by atoms with van der Waals surface area (Å²) < 4.78 is 18.2. The third kappa shape index (κ3) is 6.25. The van der Waals surface area contributed by atoms with Crippen LogP contribution in [0, 0.1) is 5.82 Å². The van der Waals surface area contributed by atoms with Crippen molar-refractivity contribution < 1.29 is 18.7 Å². The first-order valence-corrected chi connectivity index (χ1v) is 10.2. The number of halogens is 1. The second kappa shape index (κ2) is 10.7. The number of nitrogens with zero attached hydrogens (tertiary/aromatic N) is 3. The Labute approximate surface area is 175 Å². The zero-order valence-corrected chi connectivity index (χ0v) is 17.1. The van der Waals surface area contributed by atoms with E-state index in [1.807, 2.05) is 6.07 Å². The Hall–Kier alpha value is -3.00. The van der Waals surface area contributed by atoms with Gasteiger partial charge in [-0.3, -0.25) is 4.79 Å². The SMILES string of the molecule is CCOC(=O)c1ccc(N2CCCN(CCC(=O)Nc3cccc(F)c3)CC2)nc1. The molecule has 1 amide bonds. The topological polar surface area (TPSA) is 74.8 Å². The van der Waals surface area contributed by atoms with Crippen molar-refractivity contribution in [2.75, 3.05) is 49.5 Å². The monoisotopic (exact) mass is 414 g/mol. The molecule has 0 radical (unpaired) electrons. The number of esters is 1. The maximum absolute atomic E-state index is 13.2. The van der Waals surface area contributed by atoms with Gasteiger partial charge in [-0.25, -0.2) is 14.2 Å². The molecule has 160 valence electrons. The highest BCUT2D eigenvalue weighted by Gasteiger charge is 2.17. The van der Waals surface area contributed by atoms with Crippen molar-refractivity contribution in [2.24, 2.45) is 0 Å². The Bertz CT molecular complexity index is 860. The highest BCUT2D eigenvalue weighted by molar-refractivity contribution is 5.90. The van der Waals surface area contributed by atoms with Crippen LogP contribution in [0.25, 0.3) is 0 Å². The summed E-state index contributed by atoms with van der Waals surface area (Å²) in [4.78, 5) is 32.8. The van der Waals surface area contributed by atoms with Crippen molar-refractivity contribution in [2.45, 2.75) is 19.8 Å². The van der Waals surface area contributed by atoms with Crippen molar-refractivity contribution in [3.05, 3.63) is 54.0 Å². The number of rotatable bonds is 7. The number of hydrogen-bond acceptors (Lipinski definition) is 6. The molecule has 3 rings (SSSR count). The van der Waals surface area contributed by atoms with E-state index >= 15 is 0 Å². The molecule has 1 aliphatic rings. The van der Waals surface area contributed by atoms with Crippen molar-refractivity contribution in [1.29, 1.82) is 0 Å². The molecule has 2 heterocycles. The van der Waals surface area contributed by atoms with E-state index in [0.717, 1.165) is 38.4 Å². The highest BCUT2D eigenvalue weighted by Crippen LogP contribution is 2.15. The van der Waals surface area contributed by atoms with Gasteiger partial charge in [-0.2, -0.15) is 0 Å². The lowest BCUT2D eigenvalue weighted by Crippen LogP contribution is -2.33. The lowest BCUT2D eigenvalue weighted by molar-refractivity contribution is -0.116. The van der Waals surface area contributed by atoms with Crippen LogP contribution in [0.1, 0.15) is 30.1 Å². The smallest absolute Gasteiger partial charge is 0.339 e. The van der Waals surface area contributed by atoms with Crippen LogP contribution in [0.2, 0.25) is 0 Å². The molecule has 1 aromatic heterocycles. The molecule has 7 nitrogen and oxygen atoms in total. The summed E-state index contributed by atoms with van der Waals surface area (Å²) in [6.45, 7) is 6.11. The number of amides is 1. The van der Waals surface area contributed by atoms with E-state index in [0.29, 0.717) is 30.8 Å². The number of aromatic nitrogens is 1. The Morgan fingerprint density at radius 1 is 1.17 bits per heavy atom. The number of hydrogen-bond donors (Lipinski definition) is 1. The van der Waals surface area contributed by atoms with E-state index < -0.39 is 0 Å². The molecule has 0 bridgehead atoms. The van der Waals surface area contributed by atoms with E-state index in [9.17, 15) is 14.0 Å². The minimum absolute atomic E-state index is 0.127. The number of benzene rings is 1. The summed E-state index contributed by atoms with van der Waals surface area (Å²) in [5.41, 5.74) is 0.917. The Morgan fingerprint density at radius 3 is 2.77 bits per heavy atom. The predicted octanol–water partition coefficient (Wildman–Crippen LogP) is 2.94. The van der Waals surface area contributed by atoms with Gasteiger partial charge in [0.25, 0.3) is 0 Å². The predicted molar refractivity (Wildman–Crippen MR) is 113 cm³/mol. The summed E-state index contributed by atoms with van der Waals surface area (Å²) in [5.74, 6) is -0.0360. The van der Waals surface area contributed by atoms with Crippen molar-refractivity contribution in [1.82, 2.24) is 9.88 Å². The second-order valence-electron chi connectivity index (χ2n) is 7.12. The molecule has 1 aromatic carbocycles. The molecule has 0 atom stereocenters. The molecule has 1 aliphatic heterocycles. The van der Waals surface area contributed by atoms with Crippen molar-refractivity contribution in [3.63, 3.8) is 0 Å². The fourth-order valence-corrected chi connectivity index (χ4v) is 3.38. The molecule has 0 saturated carbocycles. The van der Waals surface area contributed by atoms with E-state index in [2.05, 4.69) is 20.1 Å². The standard InChI is InChI=1S/C22H27FN4O3/c1-2-30-22(29)17-7-8-20(24-16-17)27-11-4-10-26(13-14-27)12-9-21(28)25-19-6-3-5-18(23)15-19/h3,5-8,15-16H,2,4,9-14H2,1H3,(H,25,28). The maximum atomic E-state index is 13.2. The van der Waals surface area contributed by atoms with E-state index in [-0.39, 0.29) is 17.7 Å². The molecule has 30 heavy (non-hydrogen) atoms. The number of carbonyl (C=O) groups excluding carboxylic acids is 2. The van der Waals surface area contributed by atoms with Crippen LogP contribution in [0.15, 0.2) is 42.6 Å².